The second kappa shape index (κ2) is 11.3. The smallest absolute Gasteiger partial charge is 0.251 e. The van der Waals surface area contributed by atoms with Gasteiger partial charge in [0, 0.05) is 18.7 Å². The Bertz CT molecular complexity index is 1180. The molecule has 33 heavy (non-hydrogen) atoms. The fourth-order valence-electron chi connectivity index (χ4n) is 2.92. The monoisotopic (exact) mass is 467 g/mol. The van der Waals surface area contributed by atoms with Crippen molar-refractivity contribution in [3.05, 3.63) is 95.6 Å². The minimum absolute atomic E-state index is 0.0176. The molecule has 0 bridgehead atoms. The molecule has 8 nitrogen and oxygen atoms in total. The van der Waals surface area contributed by atoms with Crippen LogP contribution in [0.1, 0.15) is 27.9 Å². The number of amides is 2. The van der Waals surface area contributed by atoms with Gasteiger partial charge in [0.25, 0.3) is 5.91 Å². The van der Waals surface area contributed by atoms with Gasteiger partial charge in [-0.05, 0) is 47.5 Å². The molecule has 4 N–H and O–H groups in total. The molecule has 0 spiro atoms. The normalized spacial score (nSPS) is 10.9. The number of nitrogens with two attached hydrogens (primary N) is 1. The Morgan fingerprint density at radius 3 is 1.97 bits per heavy atom. The van der Waals surface area contributed by atoms with E-state index < -0.39 is 10.0 Å². The summed E-state index contributed by atoms with van der Waals surface area (Å²) in [6.45, 7) is 0.884. The van der Waals surface area contributed by atoms with Gasteiger partial charge in [-0.2, -0.15) is 0 Å². The summed E-state index contributed by atoms with van der Waals surface area (Å²) in [6, 6.07) is 22.2. The molecule has 0 heterocycles. The summed E-state index contributed by atoms with van der Waals surface area (Å²) in [5, 5.41) is 10.7. The third kappa shape index (κ3) is 7.74. The zero-order chi connectivity index (χ0) is 23.7. The number of para-hydroxylation sites is 1. The van der Waals surface area contributed by atoms with Gasteiger partial charge in [0.15, 0.2) is 0 Å². The molecule has 172 valence electrons. The lowest BCUT2D eigenvalue weighted by Gasteiger charge is -2.09. The van der Waals surface area contributed by atoms with E-state index in [1.54, 1.807) is 36.4 Å². The molecule has 2 amide bonds. The number of carbonyl (C=O) groups excluding carboxylic acids is 2. The molecule has 0 radical (unpaired) electrons. The summed E-state index contributed by atoms with van der Waals surface area (Å²) in [6.07, 6.45) is 0.244. The van der Waals surface area contributed by atoms with Crippen LogP contribution in [0.3, 0.4) is 0 Å². The van der Waals surface area contributed by atoms with Crippen molar-refractivity contribution in [2.45, 2.75) is 24.4 Å². The zero-order valence-corrected chi connectivity index (χ0v) is 18.7. The van der Waals surface area contributed by atoms with Crippen LogP contribution in [0.5, 0.6) is 5.75 Å². The first-order chi connectivity index (χ1) is 15.8. The first-order valence-corrected chi connectivity index (χ1v) is 11.8. The first kappa shape index (κ1) is 24.0. The highest BCUT2D eigenvalue weighted by Crippen LogP contribution is 2.10. The predicted molar refractivity (Wildman–Crippen MR) is 124 cm³/mol. The van der Waals surface area contributed by atoms with Gasteiger partial charge in [0.2, 0.25) is 15.9 Å². The fraction of sp³-hybridized carbons (Fsp3) is 0.167. The van der Waals surface area contributed by atoms with E-state index in [1.165, 1.54) is 12.1 Å². The van der Waals surface area contributed by atoms with E-state index in [1.807, 2.05) is 30.3 Å². The third-order valence-electron chi connectivity index (χ3n) is 4.75. The van der Waals surface area contributed by atoms with Gasteiger partial charge in [-0.1, -0.05) is 42.5 Å². The molecule has 0 unspecified atom stereocenters. The van der Waals surface area contributed by atoms with E-state index in [0.717, 1.165) is 16.9 Å². The van der Waals surface area contributed by atoms with Crippen molar-refractivity contribution in [1.29, 1.82) is 0 Å². The lowest BCUT2D eigenvalue weighted by Crippen LogP contribution is -2.25. The van der Waals surface area contributed by atoms with Crippen LogP contribution in [-0.2, 0) is 27.9 Å². The van der Waals surface area contributed by atoms with Crippen LogP contribution in [0.25, 0.3) is 0 Å². The van der Waals surface area contributed by atoms with Gasteiger partial charge >= 0.3 is 0 Å². The van der Waals surface area contributed by atoms with E-state index in [4.69, 9.17) is 9.88 Å². The van der Waals surface area contributed by atoms with E-state index in [2.05, 4.69) is 10.6 Å². The second-order valence-electron chi connectivity index (χ2n) is 7.26. The molecule has 0 atom stereocenters. The molecule has 0 aliphatic carbocycles. The number of ether oxygens (including phenoxy) is 1. The number of hydrogen-bond acceptors (Lipinski definition) is 5. The van der Waals surface area contributed by atoms with Crippen molar-refractivity contribution in [2.75, 3.05) is 6.61 Å². The second-order valence-corrected chi connectivity index (χ2v) is 8.82. The topological polar surface area (TPSA) is 128 Å². The predicted octanol–water partition coefficient (Wildman–Crippen LogP) is 2.35. The SMILES string of the molecule is NS(=O)(=O)c1ccc(CNC(=O)c2ccc(CNC(=O)CCOc3ccccc3)cc2)cc1. The summed E-state index contributed by atoms with van der Waals surface area (Å²) in [5.74, 6) is 0.333. The number of rotatable bonds is 10. The minimum atomic E-state index is -3.74. The van der Waals surface area contributed by atoms with Gasteiger partial charge in [-0.3, -0.25) is 9.59 Å². The molecule has 0 aliphatic heterocycles. The van der Waals surface area contributed by atoms with Crippen LogP contribution in [0.2, 0.25) is 0 Å². The average Bonchev–Trinajstić information content (AvgIpc) is 2.82. The lowest BCUT2D eigenvalue weighted by molar-refractivity contribution is -0.121. The number of carbonyl (C=O) groups is 2. The van der Waals surface area contributed by atoms with Crippen molar-refractivity contribution in [3.8, 4) is 5.75 Å². The molecule has 3 rings (SSSR count). The van der Waals surface area contributed by atoms with Crippen molar-refractivity contribution < 1.29 is 22.7 Å². The third-order valence-corrected chi connectivity index (χ3v) is 5.68. The van der Waals surface area contributed by atoms with Gasteiger partial charge in [-0.15, -0.1) is 0 Å². The van der Waals surface area contributed by atoms with Gasteiger partial charge in [-0.25, -0.2) is 13.6 Å². The standard InChI is InChI=1S/C24H25N3O5S/c25-33(30,31)22-12-8-19(9-13-22)17-27-24(29)20-10-6-18(7-11-20)16-26-23(28)14-15-32-21-4-2-1-3-5-21/h1-13H,14-17H2,(H,26,28)(H,27,29)(H2,25,30,31). The molecule has 0 aromatic heterocycles. The Morgan fingerprint density at radius 1 is 0.788 bits per heavy atom. The summed E-state index contributed by atoms with van der Waals surface area (Å²) in [7, 11) is -3.74. The van der Waals surface area contributed by atoms with Crippen LogP contribution in [0.15, 0.2) is 83.8 Å². The highest BCUT2D eigenvalue weighted by Gasteiger charge is 2.09. The highest BCUT2D eigenvalue weighted by atomic mass is 32.2. The van der Waals surface area contributed by atoms with E-state index in [0.29, 0.717) is 18.7 Å². The van der Waals surface area contributed by atoms with Crippen LogP contribution in [0, 0.1) is 0 Å². The van der Waals surface area contributed by atoms with Gasteiger partial charge in [0.05, 0.1) is 17.9 Å². The van der Waals surface area contributed by atoms with Gasteiger partial charge < -0.3 is 15.4 Å². The average molecular weight is 468 g/mol. The largest absolute Gasteiger partial charge is 0.493 e. The number of benzene rings is 3. The Hall–Kier alpha value is -3.69. The molecule has 0 fully saturated rings. The molecule has 9 heteroatoms. The number of sulfonamides is 1. The number of nitrogens with one attached hydrogen (secondary N) is 2. The fourth-order valence-corrected chi connectivity index (χ4v) is 3.44. The Balaban J connectivity index is 1.40. The molecule has 0 saturated heterocycles. The van der Waals surface area contributed by atoms with E-state index >= 15 is 0 Å². The maximum absolute atomic E-state index is 12.3. The molecule has 0 saturated carbocycles. The molecule has 3 aromatic rings. The lowest BCUT2D eigenvalue weighted by atomic mass is 10.1. The van der Waals surface area contributed by atoms with Crippen LogP contribution < -0.4 is 20.5 Å². The summed E-state index contributed by atoms with van der Waals surface area (Å²) >= 11 is 0. The highest BCUT2D eigenvalue weighted by molar-refractivity contribution is 7.89. The van der Waals surface area contributed by atoms with Crippen molar-refractivity contribution >= 4 is 21.8 Å². The van der Waals surface area contributed by atoms with E-state index in [9.17, 15) is 18.0 Å². The van der Waals surface area contributed by atoms with Crippen molar-refractivity contribution in [2.24, 2.45) is 5.14 Å². The van der Waals surface area contributed by atoms with Crippen LogP contribution >= 0.6 is 0 Å². The van der Waals surface area contributed by atoms with Crippen molar-refractivity contribution in [1.82, 2.24) is 10.6 Å². The maximum atomic E-state index is 12.3. The molecule has 3 aromatic carbocycles. The maximum Gasteiger partial charge on any atom is 0.251 e. The number of hydrogen-bond donors (Lipinski definition) is 3. The summed E-state index contributed by atoms with van der Waals surface area (Å²) in [5.41, 5.74) is 2.08. The summed E-state index contributed by atoms with van der Waals surface area (Å²) in [4.78, 5) is 24.3. The minimum Gasteiger partial charge on any atom is -0.493 e. The van der Waals surface area contributed by atoms with Crippen LogP contribution in [-0.4, -0.2) is 26.8 Å². The molecular weight excluding hydrogens is 442 g/mol. The summed E-state index contributed by atoms with van der Waals surface area (Å²) < 4.78 is 28.1. The number of primary sulfonamides is 1. The Morgan fingerprint density at radius 2 is 1.36 bits per heavy atom. The Kier molecular flexibility index (Phi) is 8.17. The Labute approximate surface area is 192 Å². The van der Waals surface area contributed by atoms with Gasteiger partial charge in [0.1, 0.15) is 5.75 Å². The van der Waals surface area contributed by atoms with Crippen molar-refractivity contribution in [3.63, 3.8) is 0 Å². The van der Waals surface area contributed by atoms with E-state index in [-0.39, 0.29) is 29.7 Å². The quantitative estimate of drug-likeness (QED) is 0.422. The first-order valence-electron chi connectivity index (χ1n) is 10.2. The molecular formula is C24H25N3O5S. The van der Waals surface area contributed by atoms with Crippen LogP contribution in [0.4, 0.5) is 0 Å². The molecule has 0 aliphatic rings. The zero-order valence-electron chi connectivity index (χ0n) is 17.9.